The minimum Gasteiger partial charge on any atom is -0.299 e. The van der Waals surface area contributed by atoms with E-state index in [-0.39, 0.29) is 0 Å². The Hall–Kier alpha value is -1.11. The predicted molar refractivity (Wildman–Crippen MR) is 73.7 cm³/mol. The molecule has 0 aliphatic heterocycles. The molecule has 2 aliphatic carbocycles. The monoisotopic (exact) mass is 242 g/mol. The molecule has 0 amide bonds. The lowest BCUT2D eigenvalue weighted by Crippen LogP contribution is -2.10. The summed E-state index contributed by atoms with van der Waals surface area (Å²) in [7, 11) is 0. The second kappa shape index (κ2) is 5.26. The molecule has 1 unspecified atom stereocenters. The highest BCUT2D eigenvalue weighted by Crippen LogP contribution is 2.36. The van der Waals surface area contributed by atoms with E-state index in [1.165, 1.54) is 25.7 Å². The average molecular weight is 242 g/mol. The fraction of sp³-hybridized carbons (Fsp3) is 0.588. The number of aryl methyl sites for hydroxylation is 1. The highest BCUT2D eigenvalue weighted by molar-refractivity contribution is 5.83. The molecule has 1 aromatic carbocycles. The predicted octanol–water partition coefficient (Wildman–Crippen LogP) is 4.26. The van der Waals surface area contributed by atoms with Gasteiger partial charge in [-0.1, -0.05) is 24.3 Å². The minimum atomic E-state index is 0.448. The quantitative estimate of drug-likeness (QED) is 0.754. The molecule has 0 N–H and O–H groups in total. The molecule has 18 heavy (non-hydrogen) atoms. The van der Waals surface area contributed by atoms with E-state index in [0.29, 0.717) is 17.6 Å². The molecule has 0 bridgehead atoms. The maximum atomic E-state index is 11.7. The van der Waals surface area contributed by atoms with Crippen LogP contribution < -0.4 is 0 Å². The number of carbonyl (C=O) groups excluding carboxylic acids is 1. The van der Waals surface area contributed by atoms with Gasteiger partial charge in [0.15, 0.2) is 0 Å². The summed E-state index contributed by atoms with van der Waals surface area (Å²) in [6.45, 7) is 0. The van der Waals surface area contributed by atoms with Crippen molar-refractivity contribution in [3.05, 3.63) is 35.4 Å². The van der Waals surface area contributed by atoms with Crippen LogP contribution in [-0.4, -0.2) is 5.78 Å². The molecule has 0 aromatic heterocycles. The van der Waals surface area contributed by atoms with Gasteiger partial charge in [-0.25, -0.2) is 0 Å². The third kappa shape index (κ3) is 2.66. The summed E-state index contributed by atoms with van der Waals surface area (Å²) in [4.78, 5) is 11.7. The van der Waals surface area contributed by atoms with Gasteiger partial charge in [0, 0.05) is 12.3 Å². The normalized spacial score (nSPS) is 22.6. The van der Waals surface area contributed by atoms with E-state index in [2.05, 4.69) is 24.3 Å². The van der Waals surface area contributed by atoms with Crippen LogP contribution in [0.2, 0.25) is 0 Å². The van der Waals surface area contributed by atoms with Gasteiger partial charge in [-0.3, -0.25) is 4.79 Å². The molecule has 1 atom stereocenters. The Morgan fingerprint density at radius 3 is 2.83 bits per heavy atom. The third-order valence-electron chi connectivity index (χ3n) is 4.50. The summed E-state index contributed by atoms with van der Waals surface area (Å²) in [6.07, 6.45) is 9.31. The Morgan fingerprint density at radius 1 is 1.17 bits per heavy atom. The van der Waals surface area contributed by atoms with E-state index < -0.39 is 0 Å². The topological polar surface area (TPSA) is 17.1 Å². The Morgan fingerprint density at radius 2 is 2.00 bits per heavy atom. The highest BCUT2D eigenvalue weighted by Gasteiger charge is 2.29. The number of benzene rings is 1. The molecule has 0 saturated heterocycles. The molecule has 3 rings (SSSR count). The maximum absolute atomic E-state index is 11.7. The van der Waals surface area contributed by atoms with Crippen LogP contribution in [0.3, 0.4) is 0 Å². The number of ketones is 1. The van der Waals surface area contributed by atoms with Crippen molar-refractivity contribution in [3.8, 4) is 0 Å². The van der Waals surface area contributed by atoms with Crippen LogP contribution in [0.5, 0.6) is 0 Å². The summed E-state index contributed by atoms with van der Waals surface area (Å²) in [5, 5.41) is 0. The number of carbonyl (C=O) groups is 1. The second-order valence-corrected chi connectivity index (χ2v) is 5.92. The van der Waals surface area contributed by atoms with E-state index in [9.17, 15) is 4.79 Å². The summed E-state index contributed by atoms with van der Waals surface area (Å²) in [6, 6.07) is 8.88. The minimum absolute atomic E-state index is 0.448. The Balaban J connectivity index is 1.55. The Kier molecular flexibility index (Phi) is 3.49. The standard InChI is InChI=1S/C17H22O/c18-17(15-11-12-15)10-4-8-14-7-3-6-13-5-1-2-9-16(13)14/h1-2,5,9,14-15H,3-4,6-8,10-12H2. The molecule has 1 saturated carbocycles. The van der Waals surface area contributed by atoms with Crippen LogP contribution in [0.25, 0.3) is 0 Å². The van der Waals surface area contributed by atoms with Crippen LogP contribution >= 0.6 is 0 Å². The Bertz CT molecular complexity index is 431. The van der Waals surface area contributed by atoms with Gasteiger partial charge < -0.3 is 0 Å². The zero-order valence-electron chi connectivity index (χ0n) is 11.0. The van der Waals surface area contributed by atoms with Crippen LogP contribution in [-0.2, 0) is 11.2 Å². The molecule has 1 fully saturated rings. The summed E-state index contributed by atoms with van der Waals surface area (Å²) in [5.41, 5.74) is 3.10. The first-order valence-electron chi connectivity index (χ1n) is 7.45. The number of fused-ring (bicyclic) bond motifs is 1. The van der Waals surface area contributed by atoms with Gasteiger partial charge in [0.05, 0.1) is 0 Å². The summed E-state index contributed by atoms with van der Waals surface area (Å²) in [5.74, 6) is 1.68. The van der Waals surface area contributed by atoms with E-state index in [4.69, 9.17) is 0 Å². The first-order valence-corrected chi connectivity index (χ1v) is 7.45. The van der Waals surface area contributed by atoms with Crippen molar-refractivity contribution in [2.75, 3.05) is 0 Å². The molecule has 1 nitrogen and oxygen atoms in total. The van der Waals surface area contributed by atoms with E-state index in [1.807, 2.05) is 0 Å². The lowest BCUT2D eigenvalue weighted by molar-refractivity contribution is -0.120. The summed E-state index contributed by atoms with van der Waals surface area (Å²) >= 11 is 0. The van der Waals surface area contributed by atoms with E-state index >= 15 is 0 Å². The first kappa shape index (κ1) is 12.0. The SMILES string of the molecule is O=C(CCCC1CCCc2ccccc21)C1CC1. The van der Waals surface area contributed by atoms with Crippen LogP contribution in [0, 0.1) is 5.92 Å². The van der Waals surface area contributed by atoms with Gasteiger partial charge in [-0.2, -0.15) is 0 Å². The van der Waals surface area contributed by atoms with Gasteiger partial charge in [0.2, 0.25) is 0 Å². The van der Waals surface area contributed by atoms with Crippen LogP contribution in [0.4, 0.5) is 0 Å². The first-order chi connectivity index (χ1) is 8.84. The van der Waals surface area contributed by atoms with Crippen molar-refractivity contribution in [2.45, 2.75) is 57.3 Å². The number of rotatable bonds is 5. The molecule has 0 radical (unpaired) electrons. The average Bonchev–Trinajstić information content (AvgIpc) is 3.23. The van der Waals surface area contributed by atoms with Crippen molar-refractivity contribution in [3.63, 3.8) is 0 Å². The van der Waals surface area contributed by atoms with Gasteiger partial charge in [-0.05, 0) is 62.0 Å². The van der Waals surface area contributed by atoms with Gasteiger partial charge in [0.25, 0.3) is 0 Å². The fourth-order valence-electron chi connectivity index (χ4n) is 3.29. The highest BCUT2D eigenvalue weighted by atomic mass is 16.1. The van der Waals surface area contributed by atoms with E-state index in [0.717, 1.165) is 25.7 Å². The second-order valence-electron chi connectivity index (χ2n) is 5.92. The molecular formula is C17H22O. The molecule has 1 heteroatoms. The van der Waals surface area contributed by atoms with Crippen molar-refractivity contribution in [1.29, 1.82) is 0 Å². The van der Waals surface area contributed by atoms with Crippen LogP contribution in [0.15, 0.2) is 24.3 Å². The Labute approximate surface area is 110 Å². The zero-order valence-corrected chi connectivity index (χ0v) is 11.0. The number of hydrogen-bond acceptors (Lipinski definition) is 1. The molecule has 0 spiro atoms. The molecule has 0 heterocycles. The lowest BCUT2D eigenvalue weighted by Gasteiger charge is -2.25. The molecule has 1 aromatic rings. The zero-order chi connectivity index (χ0) is 12.4. The van der Waals surface area contributed by atoms with Gasteiger partial charge >= 0.3 is 0 Å². The molecule has 2 aliphatic rings. The van der Waals surface area contributed by atoms with Crippen molar-refractivity contribution < 1.29 is 4.79 Å². The lowest BCUT2D eigenvalue weighted by atomic mass is 9.80. The number of Topliss-reactive ketones (excluding diaryl/α,β-unsaturated/α-hetero) is 1. The van der Waals surface area contributed by atoms with Gasteiger partial charge in [0.1, 0.15) is 5.78 Å². The van der Waals surface area contributed by atoms with Crippen molar-refractivity contribution in [1.82, 2.24) is 0 Å². The molecule has 96 valence electrons. The van der Waals surface area contributed by atoms with Gasteiger partial charge in [-0.15, -0.1) is 0 Å². The fourth-order valence-corrected chi connectivity index (χ4v) is 3.29. The van der Waals surface area contributed by atoms with Crippen molar-refractivity contribution in [2.24, 2.45) is 5.92 Å². The third-order valence-corrected chi connectivity index (χ3v) is 4.50. The van der Waals surface area contributed by atoms with Crippen molar-refractivity contribution >= 4 is 5.78 Å². The maximum Gasteiger partial charge on any atom is 0.135 e. The van der Waals surface area contributed by atoms with Crippen LogP contribution in [0.1, 0.15) is 62.0 Å². The number of hydrogen-bond donors (Lipinski definition) is 0. The smallest absolute Gasteiger partial charge is 0.135 e. The van der Waals surface area contributed by atoms with E-state index in [1.54, 1.807) is 11.1 Å². The molecular weight excluding hydrogens is 220 g/mol. The largest absolute Gasteiger partial charge is 0.299 e. The summed E-state index contributed by atoms with van der Waals surface area (Å²) < 4.78 is 0.